The Morgan fingerprint density at radius 3 is 2.22 bits per heavy atom. The van der Waals surface area contributed by atoms with Crippen molar-refractivity contribution in [3.63, 3.8) is 0 Å². The normalized spacial score (nSPS) is 12.6. The lowest BCUT2D eigenvalue weighted by atomic mass is 10.2. The van der Waals surface area contributed by atoms with Gasteiger partial charge in [0.15, 0.2) is 5.78 Å². The van der Waals surface area contributed by atoms with Crippen LogP contribution in [0.2, 0.25) is 0 Å². The molecule has 0 aliphatic rings. The van der Waals surface area contributed by atoms with Crippen LogP contribution >= 0.6 is 0 Å². The first kappa shape index (κ1) is 8.15. The largest absolute Gasteiger partial charge is 0.295 e. The summed E-state index contributed by atoms with van der Waals surface area (Å²) in [7, 11) is 0. The van der Waals surface area contributed by atoms with Crippen LogP contribution in [0.25, 0.3) is 0 Å². The van der Waals surface area contributed by atoms with Gasteiger partial charge in [-0.25, -0.2) is 0 Å². The maximum atomic E-state index is 10.5. The van der Waals surface area contributed by atoms with Crippen molar-refractivity contribution < 1.29 is 4.79 Å². The standard InChI is InChI=1S/C8H12O/c1-4-5-6-7(2)8(3)9/h4-6H,1-3H3/b5-4+,7-6+. The average molecular weight is 124 g/mol. The second kappa shape index (κ2) is 4.07. The summed E-state index contributed by atoms with van der Waals surface area (Å²) in [5.41, 5.74) is 0.799. The summed E-state index contributed by atoms with van der Waals surface area (Å²) < 4.78 is 0. The van der Waals surface area contributed by atoms with Crippen molar-refractivity contribution >= 4 is 5.78 Å². The molecule has 0 aromatic carbocycles. The molecule has 0 atom stereocenters. The van der Waals surface area contributed by atoms with Crippen LogP contribution in [0.15, 0.2) is 23.8 Å². The second-order valence-corrected chi connectivity index (χ2v) is 1.93. The minimum atomic E-state index is 0.133. The minimum Gasteiger partial charge on any atom is -0.295 e. The lowest BCUT2D eigenvalue weighted by molar-refractivity contribution is -0.113. The van der Waals surface area contributed by atoms with Crippen molar-refractivity contribution in [3.8, 4) is 0 Å². The molecule has 0 aromatic heterocycles. The predicted molar refractivity (Wildman–Crippen MR) is 39.3 cm³/mol. The SMILES string of the molecule is C/C=C/C=C(\C)C(C)=O. The van der Waals surface area contributed by atoms with E-state index in [1.54, 1.807) is 6.92 Å². The fourth-order valence-corrected chi connectivity index (χ4v) is 0.358. The molecule has 0 N–H and O–H groups in total. The highest BCUT2D eigenvalue weighted by atomic mass is 16.1. The first-order valence-corrected chi connectivity index (χ1v) is 2.99. The number of rotatable bonds is 2. The van der Waals surface area contributed by atoms with Crippen LogP contribution in [0.3, 0.4) is 0 Å². The van der Waals surface area contributed by atoms with Crippen molar-refractivity contribution in [3.05, 3.63) is 23.8 Å². The summed E-state index contributed by atoms with van der Waals surface area (Å²) in [6.07, 6.45) is 5.56. The molecule has 0 aliphatic heterocycles. The minimum absolute atomic E-state index is 0.133. The zero-order valence-electron chi connectivity index (χ0n) is 6.14. The zero-order chi connectivity index (χ0) is 7.28. The first-order chi connectivity index (χ1) is 4.18. The highest BCUT2D eigenvalue weighted by Gasteiger charge is 1.90. The van der Waals surface area contributed by atoms with Crippen LogP contribution in [-0.2, 0) is 4.79 Å². The van der Waals surface area contributed by atoms with Gasteiger partial charge >= 0.3 is 0 Å². The third kappa shape index (κ3) is 3.71. The van der Waals surface area contributed by atoms with Crippen molar-refractivity contribution in [2.24, 2.45) is 0 Å². The quantitative estimate of drug-likeness (QED) is 0.407. The Morgan fingerprint density at radius 1 is 1.33 bits per heavy atom. The van der Waals surface area contributed by atoms with Crippen LogP contribution in [0, 0.1) is 0 Å². The van der Waals surface area contributed by atoms with Gasteiger partial charge in [0.05, 0.1) is 0 Å². The van der Waals surface area contributed by atoms with E-state index in [0.29, 0.717) is 0 Å². The van der Waals surface area contributed by atoms with E-state index in [2.05, 4.69) is 0 Å². The van der Waals surface area contributed by atoms with E-state index in [-0.39, 0.29) is 5.78 Å². The monoisotopic (exact) mass is 124 g/mol. The van der Waals surface area contributed by atoms with Gasteiger partial charge in [-0.3, -0.25) is 4.79 Å². The van der Waals surface area contributed by atoms with Crippen molar-refractivity contribution in [2.75, 3.05) is 0 Å². The van der Waals surface area contributed by atoms with E-state index in [0.717, 1.165) is 5.57 Å². The molecule has 0 unspecified atom stereocenters. The highest BCUT2D eigenvalue weighted by molar-refractivity contribution is 5.92. The van der Waals surface area contributed by atoms with Gasteiger partial charge in [0.25, 0.3) is 0 Å². The van der Waals surface area contributed by atoms with Gasteiger partial charge < -0.3 is 0 Å². The molecule has 0 amide bonds. The van der Waals surface area contributed by atoms with Gasteiger partial charge in [-0.05, 0) is 26.3 Å². The summed E-state index contributed by atoms with van der Waals surface area (Å²) >= 11 is 0. The fraction of sp³-hybridized carbons (Fsp3) is 0.375. The number of ketones is 1. The molecule has 50 valence electrons. The molecule has 9 heavy (non-hydrogen) atoms. The van der Waals surface area contributed by atoms with Gasteiger partial charge in [0.2, 0.25) is 0 Å². The summed E-state index contributed by atoms with van der Waals surface area (Å²) in [5.74, 6) is 0.133. The van der Waals surface area contributed by atoms with Crippen molar-refractivity contribution in [1.82, 2.24) is 0 Å². The molecule has 0 heterocycles. The Hall–Kier alpha value is -0.850. The van der Waals surface area contributed by atoms with Gasteiger partial charge in [-0.1, -0.05) is 18.2 Å². The van der Waals surface area contributed by atoms with E-state index >= 15 is 0 Å². The molecule has 0 radical (unpaired) electrons. The van der Waals surface area contributed by atoms with E-state index < -0.39 is 0 Å². The summed E-state index contributed by atoms with van der Waals surface area (Å²) in [6.45, 7) is 5.29. The molecule has 0 saturated carbocycles. The summed E-state index contributed by atoms with van der Waals surface area (Å²) in [6, 6.07) is 0. The van der Waals surface area contributed by atoms with Crippen LogP contribution in [0.1, 0.15) is 20.8 Å². The van der Waals surface area contributed by atoms with Crippen LogP contribution in [0.4, 0.5) is 0 Å². The fourth-order valence-electron chi connectivity index (χ4n) is 0.358. The van der Waals surface area contributed by atoms with E-state index in [1.807, 2.05) is 32.1 Å². The first-order valence-electron chi connectivity index (χ1n) is 2.99. The molecule has 0 rings (SSSR count). The van der Waals surface area contributed by atoms with Gasteiger partial charge in [0, 0.05) is 0 Å². The van der Waals surface area contributed by atoms with E-state index in [9.17, 15) is 4.79 Å². The number of allylic oxidation sites excluding steroid dienone is 4. The Balaban J connectivity index is 4.00. The Labute approximate surface area is 56.1 Å². The number of carbonyl (C=O) groups excluding carboxylic acids is 1. The van der Waals surface area contributed by atoms with E-state index in [1.165, 1.54) is 0 Å². The highest BCUT2D eigenvalue weighted by Crippen LogP contribution is 1.93. The van der Waals surface area contributed by atoms with Crippen molar-refractivity contribution in [1.29, 1.82) is 0 Å². The molecular weight excluding hydrogens is 112 g/mol. The van der Waals surface area contributed by atoms with E-state index in [4.69, 9.17) is 0 Å². The third-order valence-corrected chi connectivity index (χ3v) is 1.09. The maximum Gasteiger partial charge on any atom is 0.155 e. The number of Topliss-reactive ketones (excluding diaryl/α,β-unsaturated/α-hetero) is 1. The van der Waals surface area contributed by atoms with Gasteiger partial charge in [0.1, 0.15) is 0 Å². The maximum absolute atomic E-state index is 10.5. The molecule has 0 bridgehead atoms. The molecule has 1 nitrogen and oxygen atoms in total. The molecular formula is C8H12O. The molecule has 0 fully saturated rings. The lowest BCUT2D eigenvalue weighted by Gasteiger charge is -1.87. The van der Waals surface area contributed by atoms with Crippen LogP contribution in [-0.4, -0.2) is 5.78 Å². The number of hydrogen-bond acceptors (Lipinski definition) is 1. The average Bonchev–Trinajstić information content (AvgIpc) is 1.82. The molecule has 0 spiro atoms. The second-order valence-electron chi connectivity index (χ2n) is 1.93. The predicted octanol–water partition coefficient (Wildman–Crippen LogP) is 2.10. The Kier molecular flexibility index (Phi) is 3.69. The van der Waals surface area contributed by atoms with Crippen LogP contribution in [0.5, 0.6) is 0 Å². The van der Waals surface area contributed by atoms with Crippen molar-refractivity contribution in [2.45, 2.75) is 20.8 Å². The zero-order valence-corrected chi connectivity index (χ0v) is 6.14. The summed E-state index contributed by atoms with van der Waals surface area (Å²) in [5, 5.41) is 0. The molecule has 0 aliphatic carbocycles. The Bertz CT molecular complexity index is 152. The number of hydrogen-bond donors (Lipinski definition) is 0. The third-order valence-electron chi connectivity index (χ3n) is 1.09. The smallest absolute Gasteiger partial charge is 0.155 e. The lowest BCUT2D eigenvalue weighted by Crippen LogP contribution is -1.89. The topological polar surface area (TPSA) is 17.1 Å². The van der Waals surface area contributed by atoms with Gasteiger partial charge in [-0.15, -0.1) is 0 Å². The molecule has 0 saturated heterocycles. The molecule has 0 aromatic rings. The van der Waals surface area contributed by atoms with Crippen LogP contribution < -0.4 is 0 Å². The number of carbonyl (C=O) groups is 1. The Morgan fingerprint density at radius 2 is 1.89 bits per heavy atom. The van der Waals surface area contributed by atoms with Gasteiger partial charge in [-0.2, -0.15) is 0 Å². The molecule has 1 heteroatoms. The summed E-state index contributed by atoms with van der Waals surface area (Å²) in [4.78, 5) is 10.5.